The number of carbonyl (C=O) groups excluding carboxylic acids is 1. The third-order valence-corrected chi connectivity index (χ3v) is 3.87. The highest BCUT2D eigenvalue weighted by Crippen LogP contribution is 2.17. The molecule has 7 heteroatoms. The lowest BCUT2D eigenvalue weighted by atomic mass is 9.96. The molecule has 7 nitrogen and oxygen atoms in total. The fourth-order valence-electron chi connectivity index (χ4n) is 2.56. The number of aliphatic carboxylic acids is 2. The van der Waals surface area contributed by atoms with Gasteiger partial charge in [-0.05, 0) is 43.9 Å². The van der Waals surface area contributed by atoms with Crippen LogP contribution in [0.3, 0.4) is 0 Å². The van der Waals surface area contributed by atoms with Crippen molar-refractivity contribution in [2.24, 2.45) is 5.92 Å². The third kappa shape index (κ3) is 6.84. The average Bonchev–Trinajstić information content (AvgIpc) is 2.53. The normalized spacial score (nSPS) is 13.5. The Morgan fingerprint density at radius 3 is 1.96 bits per heavy atom. The Kier molecular flexibility index (Phi) is 8.25. The minimum atomic E-state index is -1.05. The van der Waals surface area contributed by atoms with Crippen LogP contribution in [0.1, 0.15) is 56.0 Å². The van der Waals surface area contributed by atoms with Crippen molar-refractivity contribution in [2.45, 2.75) is 52.1 Å². The van der Waals surface area contributed by atoms with Crippen molar-refractivity contribution in [3.63, 3.8) is 0 Å². The van der Waals surface area contributed by atoms with Gasteiger partial charge in [0.05, 0.1) is 5.92 Å². The first-order chi connectivity index (χ1) is 12.1. The van der Waals surface area contributed by atoms with E-state index in [1.54, 1.807) is 24.3 Å². The van der Waals surface area contributed by atoms with Crippen LogP contribution in [0, 0.1) is 5.92 Å². The maximum atomic E-state index is 12.0. The molecule has 2 unspecified atom stereocenters. The van der Waals surface area contributed by atoms with E-state index in [9.17, 15) is 24.6 Å². The van der Waals surface area contributed by atoms with E-state index in [2.05, 4.69) is 10.6 Å². The molecule has 0 heterocycles. The van der Waals surface area contributed by atoms with Crippen molar-refractivity contribution in [3.05, 3.63) is 35.4 Å². The molecule has 0 radical (unpaired) electrons. The fraction of sp³-hybridized carbons (Fsp3) is 0.526. The van der Waals surface area contributed by atoms with Crippen LogP contribution in [-0.4, -0.2) is 46.7 Å². The molecule has 4 N–H and O–H groups in total. The zero-order valence-electron chi connectivity index (χ0n) is 15.7. The van der Waals surface area contributed by atoms with Gasteiger partial charge in [0.1, 0.15) is 6.04 Å². The molecule has 0 fully saturated rings. The number of nitrogens with one attached hydrogen (secondary N) is 2. The van der Waals surface area contributed by atoms with Gasteiger partial charge in [0.2, 0.25) is 0 Å². The SMILES string of the molecule is CC(C)CC(NCC(C(=O)O)c1ccc(C(=O)NC(C)C)cc1)C(=O)O. The average molecular weight is 364 g/mol. The molecule has 0 bridgehead atoms. The van der Waals surface area contributed by atoms with E-state index in [4.69, 9.17) is 0 Å². The Bertz CT molecular complexity index is 625. The molecule has 1 aromatic rings. The number of carbonyl (C=O) groups is 3. The molecule has 144 valence electrons. The number of carboxylic acid groups (broad SMARTS) is 2. The molecule has 2 atom stereocenters. The molecule has 0 aliphatic rings. The van der Waals surface area contributed by atoms with Crippen LogP contribution in [-0.2, 0) is 9.59 Å². The third-order valence-electron chi connectivity index (χ3n) is 3.87. The number of hydrogen-bond donors (Lipinski definition) is 4. The van der Waals surface area contributed by atoms with E-state index in [1.165, 1.54) is 0 Å². The van der Waals surface area contributed by atoms with Crippen molar-refractivity contribution in [1.29, 1.82) is 0 Å². The highest BCUT2D eigenvalue weighted by molar-refractivity contribution is 5.94. The second-order valence-electron chi connectivity index (χ2n) is 7.07. The molecule has 0 aliphatic heterocycles. The van der Waals surface area contributed by atoms with E-state index < -0.39 is 23.9 Å². The topological polar surface area (TPSA) is 116 Å². The van der Waals surface area contributed by atoms with Gasteiger partial charge < -0.3 is 20.8 Å². The highest BCUT2D eigenvalue weighted by Gasteiger charge is 2.24. The first-order valence-electron chi connectivity index (χ1n) is 8.71. The van der Waals surface area contributed by atoms with E-state index in [0.29, 0.717) is 17.5 Å². The van der Waals surface area contributed by atoms with Gasteiger partial charge in [-0.15, -0.1) is 0 Å². The largest absolute Gasteiger partial charge is 0.481 e. The quantitative estimate of drug-likeness (QED) is 0.505. The van der Waals surface area contributed by atoms with Crippen molar-refractivity contribution < 1.29 is 24.6 Å². The summed E-state index contributed by atoms with van der Waals surface area (Å²) in [4.78, 5) is 34.9. The van der Waals surface area contributed by atoms with Gasteiger partial charge >= 0.3 is 11.9 Å². The van der Waals surface area contributed by atoms with Gasteiger partial charge in [0.25, 0.3) is 5.91 Å². The molecule has 26 heavy (non-hydrogen) atoms. The minimum Gasteiger partial charge on any atom is -0.481 e. The number of amides is 1. The summed E-state index contributed by atoms with van der Waals surface area (Å²) in [7, 11) is 0. The summed E-state index contributed by atoms with van der Waals surface area (Å²) < 4.78 is 0. The Morgan fingerprint density at radius 2 is 1.54 bits per heavy atom. The van der Waals surface area contributed by atoms with Crippen LogP contribution < -0.4 is 10.6 Å². The highest BCUT2D eigenvalue weighted by atomic mass is 16.4. The predicted molar refractivity (Wildman–Crippen MR) is 98.3 cm³/mol. The van der Waals surface area contributed by atoms with Crippen LogP contribution in [0.25, 0.3) is 0 Å². The Labute approximate surface area is 153 Å². The van der Waals surface area contributed by atoms with E-state index in [0.717, 1.165) is 0 Å². The number of benzene rings is 1. The van der Waals surface area contributed by atoms with Crippen molar-refractivity contribution >= 4 is 17.8 Å². The van der Waals surface area contributed by atoms with Crippen LogP contribution in [0.15, 0.2) is 24.3 Å². The van der Waals surface area contributed by atoms with Crippen molar-refractivity contribution in [3.8, 4) is 0 Å². The standard InChI is InChI=1S/C19H28N2O5/c1-11(2)9-16(19(25)26)20-10-15(18(23)24)13-5-7-14(8-6-13)17(22)21-12(3)4/h5-8,11-12,15-16,20H,9-10H2,1-4H3,(H,21,22)(H,23,24)(H,25,26). The second-order valence-corrected chi connectivity index (χ2v) is 7.07. The number of hydrogen-bond acceptors (Lipinski definition) is 4. The molecule has 1 rings (SSSR count). The monoisotopic (exact) mass is 364 g/mol. The van der Waals surface area contributed by atoms with Crippen molar-refractivity contribution in [1.82, 2.24) is 10.6 Å². The molecular formula is C19H28N2O5. The van der Waals surface area contributed by atoms with Gasteiger partial charge in [-0.2, -0.15) is 0 Å². The maximum Gasteiger partial charge on any atom is 0.320 e. The summed E-state index contributed by atoms with van der Waals surface area (Å²) in [6, 6.07) is 5.54. The first-order valence-corrected chi connectivity index (χ1v) is 8.71. The van der Waals surface area contributed by atoms with Gasteiger partial charge in [0, 0.05) is 18.2 Å². The zero-order chi connectivity index (χ0) is 19.9. The van der Waals surface area contributed by atoms with Gasteiger partial charge in [0.15, 0.2) is 0 Å². The summed E-state index contributed by atoms with van der Waals surface area (Å²) in [5.74, 6) is -3.00. The summed E-state index contributed by atoms with van der Waals surface area (Å²) >= 11 is 0. The summed E-state index contributed by atoms with van der Waals surface area (Å²) in [5.41, 5.74) is 0.961. The smallest absolute Gasteiger partial charge is 0.320 e. The van der Waals surface area contributed by atoms with Crippen LogP contribution in [0.5, 0.6) is 0 Å². The Morgan fingerprint density at radius 1 is 0.962 bits per heavy atom. The van der Waals surface area contributed by atoms with Crippen LogP contribution in [0.2, 0.25) is 0 Å². The van der Waals surface area contributed by atoms with E-state index >= 15 is 0 Å². The van der Waals surface area contributed by atoms with Gasteiger partial charge in [-0.1, -0.05) is 26.0 Å². The number of rotatable bonds is 10. The molecule has 0 saturated heterocycles. The molecular weight excluding hydrogens is 336 g/mol. The number of carboxylic acids is 2. The molecule has 0 aromatic heterocycles. The summed E-state index contributed by atoms with van der Waals surface area (Å²) in [6.45, 7) is 7.53. The predicted octanol–water partition coefficient (Wildman–Crippen LogP) is 2.08. The molecule has 1 amide bonds. The van der Waals surface area contributed by atoms with E-state index in [1.807, 2.05) is 27.7 Å². The van der Waals surface area contributed by atoms with Gasteiger partial charge in [-0.25, -0.2) is 0 Å². The molecule has 0 spiro atoms. The van der Waals surface area contributed by atoms with Crippen LogP contribution >= 0.6 is 0 Å². The first kappa shape index (κ1) is 21.6. The zero-order valence-corrected chi connectivity index (χ0v) is 15.7. The van der Waals surface area contributed by atoms with Crippen LogP contribution in [0.4, 0.5) is 0 Å². The lowest BCUT2D eigenvalue weighted by Gasteiger charge is -2.20. The molecule has 0 saturated carbocycles. The molecule has 0 aliphatic carbocycles. The summed E-state index contributed by atoms with van der Waals surface area (Å²) in [5, 5.41) is 24.4. The Hall–Kier alpha value is -2.41. The second kappa shape index (κ2) is 9.91. The van der Waals surface area contributed by atoms with Crippen molar-refractivity contribution in [2.75, 3.05) is 6.54 Å². The Balaban J connectivity index is 2.85. The summed E-state index contributed by atoms with van der Waals surface area (Å²) in [6.07, 6.45) is 0.413. The fourth-order valence-corrected chi connectivity index (χ4v) is 2.56. The maximum absolute atomic E-state index is 12.0. The van der Waals surface area contributed by atoms with E-state index in [-0.39, 0.29) is 24.4 Å². The molecule has 1 aromatic carbocycles. The minimum absolute atomic E-state index is 0.00342. The lowest BCUT2D eigenvalue weighted by Crippen LogP contribution is -2.41. The lowest BCUT2D eigenvalue weighted by molar-refractivity contribution is -0.142. The van der Waals surface area contributed by atoms with Gasteiger partial charge in [-0.3, -0.25) is 14.4 Å².